The zero-order valence-electron chi connectivity index (χ0n) is 43.2. The highest BCUT2D eigenvalue weighted by Crippen LogP contribution is 2.24. The molecule has 3 aliphatic heterocycles. The Bertz CT molecular complexity index is 2290. The highest BCUT2D eigenvalue weighted by molar-refractivity contribution is 5.87. The summed E-state index contributed by atoms with van der Waals surface area (Å²) in [7, 11) is 0. The number of aliphatic carboxylic acids is 4. The number of aromatic nitrogens is 1. The fourth-order valence-corrected chi connectivity index (χ4v) is 9.67. The number of carboxylic acids is 4. The summed E-state index contributed by atoms with van der Waals surface area (Å²) in [6.07, 6.45) is 9.63. The van der Waals surface area contributed by atoms with Crippen molar-refractivity contribution in [1.29, 1.82) is 0 Å². The van der Waals surface area contributed by atoms with Gasteiger partial charge < -0.3 is 46.6 Å². The smallest absolute Gasteiger partial charge is 0.317 e. The van der Waals surface area contributed by atoms with Gasteiger partial charge in [-0.1, -0.05) is 24.0 Å². The summed E-state index contributed by atoms with van der Waals surface area (Å²) >= 11 is 0. The van der Waals surface area contributed by atoms with Gasteiger partial charge in [0.1, 0.15) is 0 Å². The number of nitrogens with one attached hydrogen (secondary N) is 4. The summed E-state index contributed by atoms with van der Waals surface area (Å²) in [4.78, 5) is 112. The van der Waals surface area contributed by atoms with Crippen molar-refractivity contribution >= 4 is 47.5 Å². The van der Waals surface area contributed by atoms with Crippen molar-refractivity contribution < 1.29 is 58.8 Å². The van der Waals surface area contributed by atoms with Crippen LogP contribution >= 0.6 is 0 Å². The Hall–Kier alpha value is -6.51. The van der Waals surface area contributed by atoms with Crippen LogP contribution in [-0.2, 0) is 44.8 Å². The molecule has 1 aromatic carbocycles. The fraction of sp³-hybridized carbons (Fsp3) is 0.604. The lowest BCUT2D eigenvalue weighted by Gasteiger charge is -2.35. The molecule has 4 amide bonds. The largest absolute Gasteiger partial charge is 0.481 e. The number of likely N-dealkylation sites (tertiary alicyclic amines) is 1. The molecule has 3 saturated heterocycles. The van der Waals surface area contributed by atoms with E-state index in [1.807, 2.05) is 29.2 Å². The molecular formula is C53H76N10O12. The second-order valence-corrected chi connectivity index (χ2v) is 19.8. The first-order valence-corrected chi connectivity index (χ1v) is 26.2. The molecule has 1 unspecified atom stereocenters. The number of hydrogen-bond donors (Lipinski definition) is 8. The molecule has 3 aliphatic rings. The summed E-state index contributed by atoms with van der Waals surface area (Å²) in [6, 6.07) is 7.89. The average molecular weight is 1050 g/mol. The van der Waals surface area contributed by atoms with Crippen molar-refractivity contribution in [1.82, 2.24) is 50.8 Å². The molecule has 0 bridgehead atoms. The SMILES string of the molecule is CC(C(=O)NCC(=O)NCCCCc1cccc(C#Cc2cncc([C@H](CC(=O)O)NC(=O)[C@@H]3CCCN(C(=O)CCC4CCNCC4)C3)c2)c1)N1CCN(CC(=O)O)CCN(CC(=O)O)CCN(CC(=O)O)CC1. The summed E-state index contributed by atoms with van der Waals surface area (Å²) in [5.74, 6) is 1.12. The third kappa shape index (κ3) is 22.1. The number of carbonyl (C=O) groups excluding carboxylic acids is 4. The summed E-state index contributed by atoms with van der Waals surface area (Å²) in [5, 5.41) is 50.0. The molecule has 22 nitrogen and oxygen atoms in total. The van der Waals surface area contributed by atoms with Crippen LogP contribution < -0.4 is 21.3 Å². The minimum atomic E-state index is -1.08. The molecule has 0 radical (unpaired) electrons. The lowest BCUT2D eigenvalue weighted by atomic mass is 9.92. The van der Waals surface area contributed by atoms with Crippen LogP contribution in [0.25, 0.3) is 0 Å². The van der Waals surface area contributed by atoms with E-state index in [1.54, 1.807) is 38.8 Å². The van der Waals surface area contributed by atoms with E-state index in [9.17, 15) is 58.8 Å². The van der Waals surface area contributed by atoms with Crippen LogP contribution in [0.5, 0.6) is 0 Å². The fourth-order valence-electron chi connectivity index (χ4n) is 9.67. The zero-order chi connectivity index (χ0) is 54.1. The molecule has 75 heavy (non-hydrogen) atoms. The summed E-state index contributed by atoms with van der Waals surface area (Å²) in [5.41, 5.74) is 2.85. The van der Waals surface area contributed by atoms with Gasteiger partial charge in [-0.15, -0.1) is 0 Å². The minimum Gasteiger partial charge on any atom is -0.481 e. The number of hydrogen-bond acceptors (Lipinski definition) is 14. The Labute approximate surface area is 438 Å². The van der Waals surface area contributed by atoms with E-state index in [-0.39, 0.29) is 103 Å². The minimum absolute atomic E-state index is 0.0629. The molecule has 3 atom stereocenters. The van der Waals surface area contributed by atoms with Crippen LogP contribution in [0, 0.1) is 23.7 Å². The first-order chi connectivity index (χ1) is 36.0. The molecule has 8 N–H and O–H groups in total. The van der Waals surface area contributed by atoms with Gasteiger partial charge in [0.15, 0.2) is 0 Å². The standard InChI is InChI=1S/C53H76N10O12/c1-38(62-26-24-60(36-50(70)71)22-20-59(35-49(68)69)21-23-61(25-27-62)37-51(72)73)52(74)57-33-46(64)56-16-3-2-6-40-7-4-8-41(28-40)10-11-42-29-44(32-55-31-42)45(30-48(66)67)58-53(75)43-9-5-19-63(34-43)47(65)13-12-39-14-17-54-18-15-39/h4,7-8,28-29,31-32,38-39,43,45,54H,2-3,5-6,9,12-27,30,33-37H2,1H3,(H,56,64)(H,57,74)(H,58,75)(H,66,67)(H,68,69)(H,70,71)(H,72,73)/t38?,43-,45+/m1/s1. The molecule has 1 aromatic heterocycles. The van der Waals surface area contributed by atoms with E-state index >= 15 is 0 Å². The average Bonchev–Trinajstić information content (AvgIpc) is 3.38. The molecule has 410 valence electrons. The van der Waals surface area contributed by atoms with Crippen molar-refractivity contribution in [2.24, 2.45) is 11.8 Å². The molecular weight excluding hydrogens is 969 g/mol. The quantitative estimate of drug-likeness (QED) is 0.0557. The Morgan fingerprint density at radius 2 is 1.36 bits per heavy atom. The topological polar surface area (TPSA) is 295 Å². The molecule has 4 heterocycles. The van der Waals surface area contributed by atoms with Gasteiger partial charge in [-0.25, -0.2) is 0 Å². The van der Waals surface area contributed by atoms with E-state index in [4.69, 9.17) is 0 Å². The number of piperidine rings is 2. The van der Waals surface area contributed by atoms with Crippen LogP contribution in [0.15, 0.2) is 42.7 Å². The Morgan fingerprint density at radius 1 is 0.733 bits per heavy atom. The molecule has 0 aliphatic carbocycles. The Kier molecular flexibility index (Phi) is 24.8. The second-order valence-electron chi connectivity index (χ2n) is 19.8. The predicted molar refractivity (Wildman–Crippen MR) is 276 cm³/mol. The lowest BCUT2D eigenvalue weighted by Crippen LogP contribution is -2.53. The number of carboxylic acid groups (broad SMARTS) is 4. The van der Waals surface area contributed by atoms with Crippen LogP contribution in [0.4, 0.5) is 0 Å². The first kappa shape index (κ1) is 59.4. The Morgan fingerprint density at radius 3 is 1.99 bits per heavy atom. The van der Waals surface area contributed by atoms with Gasteiger partial charge in [0.2, 0.25) is 23.6 Å². The highest BCUT2D eigenvalue weighted by atomic mass is 16.4. The number of benzene rings is 1. The third-order valence-corrected chi connectivity index (χ3v) is 14.0. The van der Waals surface area contributed by atoms with Crippen molar-refractivity contribution in [2.75, 3.05) is 111 Å². The van der Waals surface area contributed by atoms with Gasteiger partial charge in [0, 0.05) is 102 Å². The molecule has 0 spiro atoms. The first-order valence-electron chi connectivity index (χ1n) is 26.2. The van der Waals surface area contributed by atoms with Gasteiger partial charge in [0.05, 0.1) is 50.6 Å². The molecule has 0 saturated carbocycles. The van der Waals surface area contributed by atoms with Crippen LogP contribution in [-0.4, -0.2) is 215 Å². The number of carbonyl (C=O) groups is 8. The number of unbranched alkanes of at least 4 members (excludes halogenated alkanes) is 1. The third-order valence-electron chi connectivity index (χ3n) is 14.0. The van der Waals surface area contributed by atoms with Gasteiger partial charge in [0.25, 0.3) is 0 Å². The van der Waals surface area contributed by atoms with Gasteiger partial charge in [-0.05, 0) is 107 Å². The molecule has 22 heteroatoms. The lowest BCUT2D eigenvalue weighted by molar-refractivity contribution is -0.140. The van der Waals surface area contributed by atoms with Crippen LogP contribution in [0.2, 0.25) is 0 Å². The van der Waals surface area contributed by atoms with Crippen molar-refractivity contribution in [3.05, 3.63) is 65.0 Å². The number of amides is 4. The van der Waals surface area contributed by atoms with Gasteiger partial charge >= 0.3 is 23.9 Å². The number of nitrogens with zero attached hydrogens (tertiary/aromatic N) is 6. The normalized spacial score (nSPS) is 18.7. The van der Waals surface area contributed by atoms with E-state index < -0.39 is 47.8 Å². The van der Waals surface area contributed by atoms with Gasteiger partial charge in [-0.2, -0.15) is 0 Å². The van der Waals surface area contributed by atoms with Crippen molar-refractivity contribution in [3.63, 3.8) is 0 Å². The summed E-state index contributed by atoms with van der Waals surface area (Å²) < 4.78 is 0. The highest BCUT2D eigenvalue weighted by Gasteiger charge is 2.31. The monoisotopic (exact) mass is 1040 g/mol. The van der Waals surface area contributed by atoms with E-state index in [1.165, 1.54) is 6.20 Å². The molecule has 3 fully saturated rings. The van der Waals surface area contributed by atoms with Crippen LogP contribution in [0.3, 0.4) is 0 Å². The molecule has 5 rings (SSSR count). The molecule has 2 aromatic rings. The van der Waals surface area contributed by atoms with Crippen LogP contribution in [0.1, 0.15) is 93.0 Å². The second kappa shape index (κ2) is 31.4. The van der Waals surface area contributed by atoms with Crippen molar-refractivity contribution in [2.45, 2.75) is 83.2 Å². The number of pyridine rings is 1. The maximum absolute atomic E-state index is 13.6. The van der Waals surface area contributed by atoms with E-state index in [2.05, 4.69) is 38.1 Å². The van der Waals surface area contributed by atoms with E-state index in [0.717, 1.165) is 49.9 Å². The number of aryl methyl sites for hydroxylation is 1. The van der Waals surface area contributed by atoms with Gasteiger partial charge in [-0.3, -0.25) is 62.9 Å². The maximum Gasteiger partial charge on any atom is 0.317 e. The maximum atomic E-state index is 13.6. The summed E-state index contributed by atoms with van der Waals surface area (Å²) in [6.45, 7) is 5.84. The number of rotatable bonds is 23. The van der Waals surface area contributed by atoms with Crippen molar-refractivity contribution in [3.8, 4) is 11.8 Å². The van der Waals surface area contributed by atoms with E-state index in [0.29, 0.717) is 68.8 Å². The predicted octanol–water partition coefficient (Wildman–Crippen LogP) is 0.551. The Balaban J connectivity index is 1.06. The zero-order valence-corrected chi connectivity index (χ0v) is 43.2.